The summed E-state index contributed by atoms with van der Waals surface area (Å²) < 4.78 is 0. The van der Waals surface area contributed by atoms with E-state index in [1.165, 1.54) is 42.4 Å². The van der Waals surface area contributed by atoms with Gasteiger partial charge in [0, 0.05) is 10.7 Å². The van der Waals surface area contributed by atoms with Crippen molar-refractivity contribution in [3.8, 4) is 0 Å². The molecular formula is C29H34ClN. The minimum Gasteiger partial charge on any atom is -0.376 e. The van der Waals surface area contributed by atoms with Gasteiger partial charge in [-0.05, 0) is 105 Å². The van der Waals surface area contributed by atoms with Crippen LogP contribution in [0, 0.1) is 0 Å². The number of anilines is 1. The number of fused-ring (bicyclic) bond motifs is 2. The Bertz CT molecular complexity index is 1030. The van der Waals surface area contributed by atoms with Crippen LogP contribution in [0.2, 0.25) is 5.02 Å². The molecule has 31 heavy (non-hydrogen) atoms. The van der Waals surface area contributed by atoms with Gasteiger partial charge < -0.3 is 5.32 Å². The maximum atomic E-state index is 6.25. The first-order valence-electron chi connectivity index (χ1n) is 11.5. The van der Waals surface area contributed by atoms with E-state index in [1.54, 1.807) is 11.1 Å². The van der Waals surface area contributed by atoms with E-state index in [-0.39, 0.29) is 5.54 Å². The number of allylic oxidation sites excluding steroid dienone is 4. The van der Waals surface area contributed by atoms with Crippen LogP contribution >= 0.6 is 11.6 Å². The summed E-state index contributed by atoms with van der Waals surface area (Å²) >= 11 is 6.25. The summed E-state index contributed by atoms with van der Waals surface area (Å²) in [5.41, 5.74) is 8.34. The highest BCUT2D eigenvalue weighted by Gasteiger charge is 2.47. The molecule has 162 valence electrons. The number of rotatable bonds is 5. The molecule has 2 aromatic rings. The Balaban J connectivity index is 1.61. The van der Waals surface area contributed by atoms with Crippen LogP contribution in [-0.4, -0.2) is 5.54 Å². The lowest BCUT2D eigenvalue weighted by Crippen LogP contribution is -2.46. The van der Waals surface area contributed by atoms with Gasteiger partial charge >= 0.3 is 0 Å². The van der Waals surface area contributed by atoms with E-state index in [9.17, 15) is 0 Å². The van der Waals surface area contributed by atoms with Crippen LogP contribution < -0.4 is 5.32 Å². The molecule has 0 unspecified atom stereocenters. The fourth-order valence-electron chi connectivity index (χ4n) is 5.69. The molecule has 2 aromatic carbocycles. The average Bonchev–Trinajstić information content (AvgIpc) is 3.11. The summed E-state index contributed by atoms with van der Waals surface area (Å²) in [5.74, 6) is 0. The normalized spacial score (nSPS) is 25.7. The van der Waals surface area contributed by atoms with Crippen LogP contribution in [0.15, 0.2) is 72.8 Å². The monoisotopic (exact) mass is 431 g/mol. The maximum absolute atomic E-state index is 6.25. The highest BCUT2D eigenvalue weighted by atomic mass is 35.5. The molecule has 1 spiro atoms. The second-order valence-electron chi connectivity index (χ2n) is 9.39. The Morgan fingerprint density at radius 2 is 1.81 bits per heavy atom. The molecule has 1 nitrogen and oxygen atoms in total. The zero-order chi connectivity index (χ0) is 22.1. The fourth-order valence-corrected chi connectivity index (χ4v) is 5.88. The summed E-state index contributed by atoms with van der Waals surface area (Å²) in [4.78, 5) is 0. The van der Waals surface area contributed by atoms with Crippen molar-refractivity contribution in [1.82, 2.24) is 0 Å². The van der Waals surface area contributed by atoms with Gasteiger partial charge in [0.2, 0.25) is 0 Å². The van der Waals surface area contributed by atoms with Gasteiger partial charge in [0.15, 0.2) is 0 Å². The smallest absolute Gasteiger partial charge is 0.0580 e. The summed E-state index contributed by atoms with van der Waals surface area (Å²) in [5, 5.41) is 4.59. The largest absolute Gasteiger partial charge is 0.376 e. The van der Waals surface area contributed by atoms with E-state index in [4.69, 9.17) is 11.6 Å². The van der Waals surface area contributed by atoms with Crippen molar-refractivity contribution in [3.63, 3.8) is 0 Å². The third kappa shape index (κ3) is 4.13. The van der Waals surface area contributed by atoms with Crippen LogP contribution in [0.3, 0.4) is 0 Å². The van der Waals surface area contributed by atoms with Crippen molar-refractivity contribution in [2.45, 2.75) is 70.3 Å². The van der Waals surface area contributed by atoms with Gasteiger partial charge in [0.05, 0.1) is 5.54 Å². The molecule has 0 amide bonds. The Morgan fingerprint density at radius 3 is 2.45 bits per heavy atom. The summed E-state index contributed by atoms with van der Waals surface area (Å²) in [6.07, 6.45) is 13.6. The van der Waals surface area contributed by atoms with E-state index in [0.29, 0.717) is 5.41 Å². The van der Waals surface area contributed by atoms with Gasteiger partial charge in [-0.25, -0.2) is 0 Å². The average molecular weight is 432 g/mol. The van der Waals surface area contributed by atoms with Crippen LogP contribution in [0.25, 0.3) is 5.57 Å². The van der Waals surface area contributed by atoms with Gasteiger partial charge in [-0.2, -0.15) is 0 Å². The van der Waals surface area contributed by atoms with Crippen LogP contribution in [0.1, 0.15) is 69.6 Å². The zero-order valence-electron chi connectivity index (χ0n) is 19.1. The molecule has 1 N–H and O–H groups in total. The highest BCUT2D eigenvalue weighted by Crippen LogP contribution is 2.53. The number of benzene rings is 2. The molecule has 0 atom stereocenters. The Morgan fingerprint density at radius 1 is 1.03 bits per heavy atom. The quantitative estimate of drug-likeness (QED) is 0.369. The molecule has 0 aromatic heterocycles. The topological polar surface area (TPSA) is 12.0 Å². The summed E-state index contributed by atoms with van der Waals surface area (Å²) in [7, 11) is 0. The maximum Gasteiger partial charge on any atom is 0.0580 e. The number of hydrogen-bond acceptors (Lipinski definition) is 1. The predicted molar refractivity (Wildman–Crippen MR) is 136 cm³/mol. The molecule has 1 fully saturated rings. The second kappa shape index (κ2) is 8.71. The molecule has 1 saturated carbocycles. The molecular weight excluding hydrogens is 398 g/mol. The first-order valence-corrected chi connectivity index (χ1v) is 11.9. The minimum absolute atomic E-state index is 0.0598. The SMILES string of the molecule is C=C(C)C1(Nc2cccc(Cl)c2)CCC2(CCc3ccc(C(/C=C\C)=C/C)cc32)CC1. The Kier molecular flexibility index (Phi) is 6.17. The number of aryl methyl sites for hydroxylation is 1. The van der Waals surface area contributed by atoms with E-state index >= 15 is 0 Å². The molecule has 0 radical (unpaired) electrons. The lowest BCUT2D eigenvalue weighted by atomic mass is 9.63. The van der Waals surface area contributed by atoms with Crippen molar-refractivity contribution in [1.29, 1.82) is 0 Å². The van der Waals surface area contributed by atoms with Crippen LogP contribution in [0.5, 0.6) is 0 Å². The van der Waals surface area contributed by atoms with Gasteiger partial charge in [-0.3, -0.25) is 0 Å². The lowest BCUT2D eigenvalue weighted by Gasteiger charge is -2.47. The predicted octanol–water partition coefficient (Wildman–Crippen LogP) is 8.50. The van der Waals surface area contributed by atoms with Crippen molar-refractivity contribution in [2.24, 2.45) is 0 Å². The molecule has 2 aliphatic rings. The standard InChI is InChI=1S/C29H34ClN/c1-5-8-22(6-2)24-12-11-23-13-14-28(27(23)19-24)15-17-29(18-16-28,21(3)4)31-26-10-7-9-25(30)20-26/h5-12,19-20,31H,3,13-18H2,1-2,4H3/b8-5-,22-6+. The Labute approximate surface area is 192 Å². The van der Waals surface area contributed by atoms with E-state index in [1.807, 2.05) is 18.2 Å². The summed E-state index contributed by atoms with van der Waals surface area (Å²) in [6, 6.07) is 15.2. The second-order valence-corrected chi connectivity index (χ2v) is 9.83. The molecule has 0 heterocycles. The highest BCUT2D eigenvalue weighted by molar-refractivity contribution is 6.30. The first-order chi connectivity index (χ1) is 14.9. The van der Waals surface area contributed by atoms with E-state index in [2.05, 4.69) is 75.2 Å². The number of halogens is 1. The van der Waals surface area contributed by atoms with Gasteiger partial charge in [-0.15, -0.1) is 0 Å². The third-order valence-corrected chi connectivity index (χ3v) is 7.87. The van der Waals surface area contributed by atoms with Crippen molar-refractivity contribution < 1.29 is 0 Å². The van der Waals surface area contributed by atoms with Gasteiger partial charge in [0.1, 0.15) is 0 Å². The zero-order valence-corrected chi connectivity index (χ0v) is 19.9. The fraction of sp³-hybridized carbons (Fsp3) is 0.379. The molecule has 0 bridgehead atoms. The third-order valence-electron chi connectivity index (χ3n) is 7.63. The lowest BCUT2D eigenvalue weighted by molar-refractivity contribution is 0.235. The molecule has 2 aliphatic carbocycles. The molecule has 0 aliphatic heterocycles. The van der Waals surface area contributed by atoms with Crippen molar-refractivity contribution in [3.05, 3.63) is 94.6 Å². The first kappa shape index (κ1) is 22.0. The van der Waals surface area contributed by atoms with Crippen molar-refractivity contribution in [2.75, 3.05) is 5.32 Å². The summed E-state index contributed by atoms with van der Waals surface area (Å²) in [6.45, 7) is 10.8. The molecule has 0 saturated heterocycles. The van der Waals surface area contributed by atoms with Crippen LogP contribution in [0.4, 0.5) is 5.69 Å². The van der Waals surface area contributed by atoms with Gasteiger partial charge in [-0.1, -0.05) is 66.2 Å². The minimum atomic E-state index is -0.0598. The van der Waals surface area contributed by atoms with E-state index < -0.39 is 0 Å². The van der Waals surface area contributed by atoms with Crippen molar-refractivity contribution >= 4 is 22.9 Å². The number of hydrogen-bond donors (Lipinski definition) is 1. The number of nitrogens with one attached hydrogen (secondary N) is 1. The molecule has 4 rings (SSSR count). The van der Waals surface area contributed by atoms with E-state index in [0.717, 1.165) is 23.6 Å². The van der Waals surface area contributed by atoms with Gasteiger partial charge in [0.25, 0.3) is 0 Å². The van der Waals surface area contributed by atoms with Crippen LogP contribution in [-0.2, 0) is 11.8 Å². The Hall–Kier alpha value is -2.25. The molecule has 2 heteroatoms.